The number of rotatable bonds is 3. The van der Waals surface area contributed by atoms with E-state index in [4.69, 9.17) is 5.11 Å². The monoisotopic (exact) mass is 288 g/mol. The molecule has 3 rings (SSSR count). The molecule has 0 spiro atoms. The van der Waals surface area contributed by atoms with Crippen LogP contribution in [0.15, 0.2) is 18.2 Å². The van der Waals surface area contributed by atoms with Gasteiger partial charge in [-0.3, -0.25) is 9.59 Å². The fourth-order valence-electron chi connectivity index (χ4n) is 2.86. The van der Waals surface area contributed by atoms with E-state index >= 15 is 0 Å². The number of aryl methyl sites for hydroxylation is 1. The Hall–Kier alpha value is -2.44. The van der Waals surface area contributed by atoms with Crippen LogP contribution < -0.4 is 5.32 Å². The number of benzene rings is 1. The molecule has 0 radical (unpaired) electrons. The molecule has 1 aromatic carbocycles. The largest absolute Gasteiger partial charge is 0.481 e. The molecule has 2 aromatic rings. The maximum atomic E-state index is 12.3. The number of aliphatic carboxylic acids is 1. The number of aromatic nitrogens is 3. The third-order valence-corrected chi connectivity index (χ3v) is 4.02. The lowest BCUT2D eigenvalue weighted by Crippen LogP contribution is -2.40. The van der Waals surface area contributed by atoms with Gasteiger partial charge < -0.3 is 10.4 Å². The molecule has 110 valence electrons. The van der Waals surface area contributed by atoms with E-state index in [1.165, 1.54) is 0 Å². The molecule has 1 saturated carbocycles. The Morgan fingerprint density at radius 3 is 2.95 bits per heavy atom. The smallest absolute Gasteiger partial charge is 0.308 e. The van der Waals surface area contributed by atoms with Gasteiger partial charge in [-0.2, -0.15) is 0 Å². The summed E-state index contributed by atoms with van der Waals surface area (Å²) in [7, 11) is 1.78. The summed E-state index contributed by atoms with van der Waals surface area (Å²) >= 11 is 0. The number of hydrogen-bond donors (Lipinski definition) is 2. The molecule has 0 unspecified atom stereocenters. The molecule has 2 atom stereocenters. The van der Waals surface area contributed by atoms with Gasteiger partial charge in [0.05, 0.1) is 11.4 Å². The van der Waals surface area contributed by atoms with E-state index in [1.807, 2.05) is 0 Å². The summed E-state index contributed by atoms with van der Waals surface area (Å²) in [6, 6.07) is 4.86. The van der Waals surface area contributed by atoms with Crippen LogP contribution in [0.5, 0.6) is 0 Å². The zero-order valence-electron chi connectivity index (χ0n) is 11.6. The van der Waals surface area contributed by atoms with Gasteiger partial charge in [0.25, 0.3) is 5.91 Å². The van der Waals surface area contributed by atoms with Crippen molar-refractivity contribution in [3.8, 4) is 0 Å². The van der Waals surface area contributed by atoms with Crippen LogP contribution in [-0.4, -0.2) is 38.0 Å². The second kappa shape index (κ2) is 5.16. The average Bonchev–Trinajstić information content (AvgIpc) is 3.06. The van der Waals surface area contributed by atoms with Crippen molar-refractivity contribution in [3.05, 3.63) is 23.8 Å². The molecular formula is C14H16N4O3. The number of fused-ring (bicyclic) bond motifs is 1. The van der Waals surface area contributed by atoms with Gasteiger partial charge in [0.1, 0.15) is 5.52 Å². The number of carbonyl (C=O) groups is 2. The SMILES string of the molecule is Cn1nnc2cc(C(=O)N[C@@H]3CCC[C@@H]3C(=O)O)ccc21. The first kappa shape index (κ1) is 13.5. The van der Waals surface area contributed by atoms with Gasteiger partial charge >= 0.3 is 5.97 Å². The van der Waals surface area contributed by atoms with Gasteiger partial charge in [0.2, 0.25) is 0 Å². The van der Waals surface area contributed by atoms with E-state index in [0.29, 0.717) is 23.9 Å². The zero-order chi connectivity index (χ0) is 15.0. The number of carbonyl (C=O) groups excluding carboxylic acids is 1. The van der Waals surface area contributed by atoms with Crippen LogP contribution in [0.1, 0.15) is 29.6 Å². The topological polar surface area (TPSA) is 97.1 Å². The summed E-state index contributed by atoms with van der Waals surface area (Å²) in [5.74, 6) is -1.60. The van der Waals surface area contributed by atoms with E-state index < -0.39 is 11.9 Å². The molecular weight excluding hydrogens is 272 g/mol. The van der Waals surface area contributed by atoms with Crippen molar-refractivity contribution in [1.82, 2.24) is 20.3 Å². The van der Waals surface area contributed by atoms with Crippen LogP contribution in [-0.2, 0) is 11.8 Å². The van der Waals surface area contributed by atoms with Crippen LogP contribution in [0.3, 0.4) is 0 Å². The Morgan fingerprint density at radius 1 is 1.38 bits per heavy atom. The van der Waals surface area contributed by atoms with Crippen molar-refractivity contribution in [2.45, 2.75) is 25.3 Å². The highest BCUT2D eigenvalue weighted by atomic mass is 16.4. The molecule has 0 aliphatic heterocycles. The van der Waals surface area contributed by atoms with Crippen molar-refractivity contribution in [3.63, 3.8) is 0 Å². The molecule has 1 aliphatic rings. The van der Waals surface area contributed by atoms with Gasteiger partial charge in [0, 0.05) is 18.7 Å². The van der Waals surface area contributed by atoms with Crippen molar-refractivity contribution >= 4 is 22.9 Å². The van der Waals surface area contributed by atoms with Gasteiger partial charge in [-0.1, -0.05) is 11.6 Å². The van der Waals surface area contributed by atoms with E-state index in [9.17, 15) is 9.59 Å². The van der Waals surface area contributed by atoms with E-state index in [-0.39, 0.29) is 11.9 Å². The Bertz CT molecular complexity index is 709. The summed E-state index contributed by atoms with van der Waals surface area (Å²) in [6.45, 7) is 0. The molecule has 1 amide bonds. The molecule has 1 aliphatic carbocycles. The minimum absolute atomic E-state index is 0.263. The van der Waals surface area contributed by atoms with E-state index in [0.717, 1.165) is 11.9 Å². The van der Waals surface area contributed by atoms with Crippen LogP contribution in [0.2, 0.25) is 0 Å². The Balaban J connectivity index is 1.79. The van der Waals surface area contributed by atoms with Crippen LogP contribution in [0, 0.1) is 5.92 Å². The van der Waals surface area contributed by atoms with Crippen LogP contribution >= 0.6 is 0 Å². The fourth-order valence-corrected chi connectivity index (χ4v) is 2.86. The number of nitrogens with zero attached hydrogens (tertiary/aromatic N) is 3. The summed E-state index contributed by atoms with van der Waals surface area (Å²) in [6.07, 6.45) is 2.14. The first-order valence-electron chi connectivity index (χ1n) is 6.89. The summed E-state index contributed by atoms with van der Waals surface area (Å²) < 4.78 is 1.63. The lowest BCUT2D eigenvalue weighted by molar-refractivity contribution is -0.142. The first-order chi connectivity index (χ1) is 10.1. The quantitative estimate of drug-likeness (QED) is 0.876. The summed E-state index contributed by atoms with van der Waals surface area (Å²) in [5.41, 5.74) is 1.96. The van der Waals surface area contributed by atoms with Gasteiger partial charge in [-0.25, -0.2) is 4.68 Å². The highest BCUT2D eigenvalue weighted by Gasteiger charge is 2.34. The number of carboxylic acid groups (broad SMARTS) is 1. The Morgan fingerprint density at radius 2 is 2.19 bits per heavy atom. The van der Waals surface area contributed by atoms with Gasteiger partial charge in [-0.05, 0) is 31.0 Å². The molecule has 7 heteroatoms. The standard InChI is InChI=1S/C14H16N4O3/c1-18-12-6-5-8(7-11(12)16-17-18)13(19)15-10-4-2-3-9(10)14(20)21/h5-7,9-10H,2-4H2,1H3,(H,15,19)(H,20,21)/t9-,10+/m0/s1. The van der Waals surface area contributed by atoms with Crippen LogP contribution in [0.25, 0.3) is 11.0 Å². The summed E-state index contributed by atoms with van der Waals surface area (Å²) in [4.78, 5) is 23.4. The Kier molecular flexibility index (Phi) is 3.32. The predicted octanol–water partition coefficient (Wildman–Crippen LogP) is 0.951. The first-order valence-corrected chi connectivity index (χ1v) is 6.89. The molecule has 1 heterocycles. The molecule has 1 aromatic heterocycles. The highest BCUT2D eigenvalue weighted by molar-refractivity contribution is 5.97. The number of hydrogen-bond acceptors (Lipinski definition) is 4. The molecule has 2 N–H and O–H groups in total. The third-order valence-electron chi connectivity index (χ3n) is 4.02. The lowest BCUT2D eigenvalue weighted by Gasteiger charge is -2.17. The molecule has 21 heavy (non-hydrogen) atoms. The van der Waals surface area contributed by atoms with Crippen molar-refractivity contribution in [2.75, 3.05) is 0 Å². The third kappa shape index (κ3) is 2.46. The average molecular weight is 288 g/mol. The number of amides is 1. The summed E-state index contributed by atoms with van der Waals surface area (Å²) in [5, 5.41) is 19.8. The molecule has 1 fully saturated rings. The zero-order valence-corrected chi connectivity index (χ0v) is 11.6. The second-order valence-corrected chi connectivity index (χ2v) is 5.37. The lowest BCUT2D eigenvalue weighted by atomic mass is 10.0. The minimum atomic E-state index is -0.845. The maximum absolute atomic E-state index is 12.3. The molecule has 7 nitrogen and oxygen atoms in total. The van der Waals surface area contributed by atoms with Gasteiger partial charge in [0.15, 0.2) is 0 Å². The number of nitrogens with one attached hydrogen (secondary N) is 1. The van der Waals surface area contributed by atoms with Gasteiger partial charge in [-0.15, -0.1) is 5.10 Å². The van der Waals surface area contributed by atoms with E-state index in [1.54, 1.807) is 29.9 Å². The highest BCUT2D eigenvalue weighted by Crippen LogP contribution is 2.26. The minimum Gasteiger partial charge on any atom is -0.481 e. The second-order valence-electron chi connectivity index (χ2n) is 5.37. The maximum Gasteiger partial charge on any atom is 0.308 e. The fraction of sp³-hybridized carbons (Fsp3) is 0.429. The van der Waals surface area contributed by atoms with Crippen LogP contribution in [0.4, 0.5) is 0 Å². The normalized spacial score (nSPS) is 21.6. The van der Waals surface area contributed by atoms with E-state index in [2.05, 4.69) is 15.6 Å². The predicted molar refractivity (Wildman–Crippen MR) is 74.7 cm³/mol. The molecule has 0 bridgehead atoms. The van der Waals surface area contributed by atoms with Crippen molar-refractivity contribution in [2.24, 2.45) is 13.0 Å². The van der Waals surface area contributed by atoms with Crippen molar-refractivity contribution in [1.29, 1.82) is 0 Å². The Labute approximate surface area is 120 Å². The van der Waals surface area contributed by atoms with Crippen molar-refractivity contribution < 1.29 is 14.7 Å². The molecule has 0 saturated heterocycles. The number of carboxylic acids is 1.